The molecular formula is C9H18Cl2Mg2. The van der Waals surface area contributed by atoms with Crippen molar-refractivity contribution in [3.8, 4) is 0 Å². The van der Waals surface area contributed by atoms with Crippen molar-refractivity contribution >= 4 is 46.1 Å². The van der Waals surface area contributed by atoms with E-state index in [0.717, 1.165) is 0 Å². The van der Waals surface area contributed by atoms with Crippen LogP contribution in [0.3, 0.4) is 0 Å². The topological polar surface area (TPSA) is 0 Å². The van der Waals surface area contributed by atoms with Crippen LogP contribution in [-0.2, 0) is 0 Å². The summed E-state index contributed by atoms with van der Waals surface area (Å²) in [6.07, 6.45) is 11.5. The Morgan fingerprint density at radius 2 is 1.15 bits per heavy atom. The number of halogens is 2. The molecule has 1 rings (SSSR count). The van der Waals surface area contributed by atoms with Crippen LogP contribution in [0.4, 0.5) is 0 Å². The molecule has 0 unspecified atom stereocenters. The van der Waals surface area contributed by atoms with Crippen molar-refractivity contribution in [2.45, 2.75) is 46.0 Å². The molecular weight excluding hydrogens is 228 g/mol. The van der Waals surface area contributed by atoms with Gasteiger partial charge in [0.2, 0.25) is 0 Å². The van der Waals surface area contributed by atoms with E-state index in [9.17, 15) is 0 Å². The molecule has 0 aromatic rings. The van der Waals surface area contributed by atoms with Crippen LogP contribution < -0.4 is 24.8 Å². The maximum absolute atomic E-state index is 2.39. The van der Waals surface area contributed by atoms with Gasteiger partial charge in [-0.2, -0.15) is 26.7 Å². The van der Waals surface area contributed by atoms with Gasteiger partial charge < -0.3 is 37.7 Å². The van der Waals surface area contributed by atoms with Crippen LogP contribution in [0.25, 0.3) is 0 Å². The molecule has 0 atom stereocenters. The van der Waals surface area contributed by atoms with E-state index < -0.39 is 0 Å². The minimum absolute atomic E-state index is 0. The van der Waals surface area contributed by atoms with Gasteiger partial charge in [0.05, 0.1) is 0 Å². The second-order valence-corrected chi connectivity index (χ2v) is 2.50. The van der Waals surface area contributed by atoms with E-state index in [4.69, 9.17) is 0 Å². The zero-order chi connectivity index (χ0) is 6.95. The molecule has 0 aromatic carbocycles. The molecule has 1 saturated carbocycles. The normalized spacial score (nSPS) is 12.5. The molecule has 0 saturated heterocycles. The Balaban J connectivity index is -0.0000000282. The Hall–Kier alpha value is 2.11. The molecule has 4 heteroatoms. The zero-order valence-electron chi connectivity index (χ0n) is 8.86. The first-order valence-corrected chi connectivity index (χ1v) is 3.97. The van der Waals surface area contributed by atoms with Crippen molar-refractivity contribution in [3.63, 3.8) is 0 Å². The van der Waals surface area contributed by atoms with Crippen molar-refractivity contribution in [2.24, 2.45) is 0 Å². The van der Waals surface area contributed by atoms with E-state index >= 15 is 0 Å². The summed E-state index contributed by atoms with van der Waals surface area (Å²) >= 11 is 0. The maximum atomic E-state index is 2.39. The van der Waals surface area contributed by atoms with Crippen LogP contribution in [0, 0.1) is 12.8 Å². The van der Waals surface area contributed by atoms with Crippen LogP contribution in [0.15, 0.2) is 0 Å². The first kappa shape index (κ1) is 29.4. The first-order valence-electron chi connectivity index (χ1n) is 3.97. The molecule has 1 aliphatic carbocycles. The fourth-order valence-electron chi connectivity index (χ4n) is 0.898. The third-order valence-electron chi connectivity index (χ3n) is 1.32. The SMILES string of the molecule is C[CH-]C.[CH-]1CCCCC1.[Cl-].[Cl-].[Mg+2].[Mg+2]. The molecule has 1 fully saturated rings. The second-order valence-electron chi connectivity index (χ2n) is 2.50. The molecule has 0 aromatic heterocycles. The van der Waals surface area contributed by atoms with Gasteiger partial charge in [-0.05, 0) is 0 Å². The summed E-state index contributed by atoms with van der Waals surface area (Å²) in [6.45, 7) is 4.00. The molecule has 0 aliphatic heterocycles. The van der Waals surface area contributed by atoms with E-state index in [1.165, 1.54) is 32.1 Å². The Labute approximate surface area is 129 Å². The average Bonchev–Trinajstić information content (AvgIpc) is 1.93. The van der Waals surface area contributed by atoms with Crippen molar-refractivity contribution in [2.75, 3.05) is 0 Å². The van der Waals surface area contributed by atoms with Crippen molar-refractivity contribution in [1.29, 1.82) is 0 Å². The molecule has 0 heterocycles. The van der Waals surface area contributed by atoms with Crippen molar-refractivity contribution in [3.05, 3.63) is 12.8 Å². The summed E-state index contributed by atoms with van der Waals surface area (Å²) in [4.78, 5) is 0. The summed E-state index contributed by atoms with van der Waals surface area (Å²) in [7, 11) is 0. The maximum Gasteiger partial charge on any atom is 2.00 e. The summed E-state index contributed by atoms with van der Waals surface area (Å²) in [5, 5.41) is 0. The van der Waals surface area contributed by atoms with Gasteiger partial charge in [0.25, 0.3) is 0 Å². The molecule has 0 spiro atoms. The first-order chi connectivity index (χ1) is 4.41. The summed E-state index contributed by atoms with van der Waals surface area (Å²) in [5.74, 6) is 0. The third kappa shape index (κ3) is 31.5. The van der Waals surface area contributed by atoms with Crippen LogP contribution in [-0.4, -0.2) is 46.1 Å². The van der Waals surface area contributed by atoms with Crippen molar-refractivity contribution < 1.29 is 24.8 Å². The van der Waals surface area contributed by atoms with Gasteiger partial charge in [0.1, 0.15) is 0 Å². The Morgan fingerprint density at radius 3 is 1.23 bits per heavy atom. The molecule has 0 amide bonds. The average molecular weight is 246 g/mol. The van der Waals surface area contributed by atoms with Crippen LogP contribution in [0.5, 0.6) is 0 Å². The Morgan fingerprint density at radius 1 is 0.846 bits per heavy atom. The smallest absolute Gasteiger partial charge is 1.00 e. The van der Waals surface area contributed by atoms with Gasteiger partial charge in [0, 0.05) is 0 Å². The molecule has 13 heavy (non-hydrogen) atoms. The van der Waals surface area contributed by atoms with Crippen LogP contribution in [0.1, 0.15) is 46.0 Å². The van der Waals surface area contributed by atoms with E-state index in [1.807, 2.05) is 20.3 Å². The molecule has 0 nitrogen and oxygen atoms in total. The van der Waals surface area contributed by atoms with E-state index in [2.05, 4.69) is 6.42 Å². The predicted molar refractivity (Wildman–Crippen MR) is 54.5 cm³/mol. The largest absolute Gasteiger partial charge is 2.00 e. The minimum atomic E-state index is 0. The van der Waals surface area contributed by atoms with Gasteiger partial charge in [-0.3, -0.25) is 0 Å². The predicted octanol–water partition coefficient (Wildman–Crippen LogP) is -3.37. The summed E-state index contributed by atoms with van der Waals surface area (Å²) in [6, 6.07) is 0. The van der Waals surface area contributed by atoms with E-state index in [1.54, 1.807) is 0 Å². The number of rotatable bonds is 0. The second kappa shape index (κ2) is 29.2. The van der Waals surface area contributed by atoms with Crippen molar-refractivity contribution in [1.82, 2.24) is 0 Å². The van der Waals surface area contributed by atoms with Gasteiger partial charge in [-0.15, -0.1) is 0 Å². The molecule has 0 N–H and O–H groups in total. The monoisotopic (exact) mass is 244 g/mol. The molecule has 0 radical (unpaired) electrons. The summed E-state index contributed by atoms with van der Waals surface area (Å²) < 4.78 is 0. The molecule has 1 aliphatic rings. The fourth-order valence-corrected chi connectivity index (χ4v) is 0.898. The van der Waals surface area contributed by atoms with Crippen LogP contribution >= 0.6 is 0 Å². The standard InChI is InChI=1S/C6H11.C3H7.2ClH.2Mg/c1-2-4-6-5-3-1;1-3-2;;;;/h1H,2-6H2;3H,1-2H3;2*1H;;/q2*-1;;;2*+2/p-2. The van der Waals surface area contributed by atoms with E-state index in [-0.39, 0.29) is 70.9 Å². The summed E-state index contributed by atoms with van der Waals surface area (Å²) in [5.41, 5.74) is 0. The van der Waals surface area contributed by atoms with Crippen LogP contribution in [0.2, 0.25) is 0 Å². The van der Waals surface area contributed by atoms with Gasteiger partial charge in [-0.1, -0.05) is 19.3 Å². The molecule has 72 valence electrons. The van der Waals surface area contributed by atoms with E-state index in [0.29, 0.717) is 0 Å². The third-order valence-corrected chi connectivity index (χ3v) is 1.32. The molecule has 0 bridgehead atoms. The number of hydrogen-bond donors (Lipinski definition) is 0. The van der Waals surface area contributed by atoms with Gasteiger partial charge in [-0.25, -0.2) is 0 Å². The van der Waals surface area contributed by atoms with Gasteiger partial charge >= 0.3 is 46.1 Å². The zero-order valence-corrected chi connectivity index (χ0v) is 13.2. The Kier molecular flexibility index (Phi) is 66.2. The van der Waals surface area contributed by atoms with Gasteiger partial charge in [0.15, 0.2) is 0 Å². The number of hydrogen-bond acceptors (Lipinski definition) is 0. The minimum Gasteiger partial charge on any atom is -1.00 e. The quantitative estimate of drug-likeness (QED) is 0.309. The Bertz CT molecular complexity index is 39.4. The fraction of sp³-hybridized carbons (Fsp3) is 0.778.